The van der Waals surface area contributed by atoms with Gasteiger partial charge in [-0.1, -0.05) is 19.1 Å². The maximum atomic E-state index is 5.73. The SMILES string of the molecule is CCCOC1C=CC(c2cc(I)c(OC)cc2I)=C1. The van der Waals surface area contributed by atoms with Crippen molar-refractivity contribution in [3.8, 4) is 5.75 Å². The number of halogens is 2. The smallest absolute Gasteiger partial charge is 0.133 e. The minimum absolute atomic E-state index is 0.116. The van der Waals surface area contributed by atoms with Crippen molar-refractivity contribution in [3.05, 3.63) is 43.1 Å². The summed E-state index contributed by atoms with van der Waals surface area (Å²) in [6.45, 7) is 2.92. The highest BCUT2D eigenvalue weighted by molar-refractivity contribution is 14.1. The standard InChI is InChI=1S/C15H16I2O2/c1-3-6-19-11-5-4-10(7-11)12-8-14(17)15(18-2)9-13(12)16/h4-5,7-9,11H,3,6H2,1-2H3. The van der Waals surface area contributed by atoms with E-state index < -0.39 is 0 Å². The summed E-state index contributed by atoms with van der Waals surface area (Å²) < 4.78 is 13.4. The first-order valence-corrected chi connectivity index (χ1v) is 8.36. The van der Waals surface area contributed by atoms with Gasteiger partial charge in [-0.15, -0.1) is 0 Å². The summed E-state index contributed by atoms with van der Waals surface area (Å²) in [4.78, 5) is 0. The maximum absolute atomic E-state index is 5.73. The van der Waals surface area contributed by atoms with Gasteiger partial charge in [0.2, 0.25) is 0 Å². The maximum Gasteiger partial charge on any atom is 0.133 e. The van der Waals surface area contributed by atoms with Crippen LogP contribution in [0.5, 0.6) is 5.75 Å². The Morgan fingerprint density at radius 3 is 2.68 bits per heavy atom. The molecule has 2 nitrogen and oxygen atoms in total. The van der Waals surface area contributed by atoms with Gasteiger partial charge in [-0.2, -0.15) is 0 Å². The largest absolute Gasteiger partial charge is 0.496 e. The molecule has 0 saturated heterocycles. The monoisotopic (exact) mass is 482 g/mol. The summed E-state index contributed by atoms with van der Waals surface area (Å²) in [5, 5.41) is 0. The zero-order valence-electron chi connectivity index (χ0n) is 11.0. The molecule has 102 valence electrons. The highest BCUT2D eigenvalue weighted by atomic mass is 127. The molecule has 19 heavy (non-hydrogen) atoms. The molecule has 0 bridgehead atoms. The topological polar surface area (TPSA) is 18.5 Å². The molecular formula is C15H16I2O2. The van der Waals surface area contributed by atoms with Crippen molar-refractivity contribution >= 4 is 50.8 Å². The molecule has 0 saturated carbocycles. The summed E-state index contributed by atoms with van der Waals surface area (Å²) >= 11 is 4.66. The fraction of sp³-hybridized carbons (Fsp3) is 0.333. The highest BCUT2D eigenvalue weighted by Gasteiger charge is 2.15. The van der Waals surface area contributed by atoms with Gasteiger partial charge >= 0.3 is 0 Å². The molecule has 1 aromatic rings. The summed E-state index contributed by atoms with van der Waals surface area (Å²) in [6, 6.07) is 4.24. The molecule has 0 heterocycles. The number of methoxy groups -OCH3 is 1. The van der Waals surface area contributed by atoms with Crippen LogP contribution in [-0.2, 0) is 4.74 Å². The molecule has 1 aromatic carbocycles. The van der Waals surface area contributed by atoms with Crippen LogP contribution in [0.4, 0.5) is 0 Å². The third-order valence-electron chi connectivity index (χ3n) is 2.88. The van der Waals surface area contributed by atoms with E-state index in [-0.39, 0.29) is 6.10 Å². The van der Waals surface area contributed by atoms with Crippen LogP contribution >= 0.6 is 45.2 Å². The normalized spacial score (nSPS) is 17.7. The first kappa shape index (κ1) is 15.3. The minimum atomic E-state index is 0.116. The van der Waals surface area contributed by atoms with Crippen molar-refractivity contribution in [3.63, 3.8) is 0 Å². The molecule has 0 radical (unpaired) electrons. The van der Waals surface area contributed by atoms with E-state index in [1.807, 2.05) is 0 Å². The average Bonchev–Trinajstić information content (AvgIpc) is 2.87. The second-order valence-electron chi connectivity index (χ2n) is 4.28. The Hall–Kier alpha value is -0.0800. The molecule has 4 heteroatoms. The van der Waals surface area contributed by atoms with Crippen LogP contribution in [0.2, 0.25) is 0 Å². The molecule has 0 aliphatic heterocycles. The Morgan fingerprint density at radius 2 is 2.00 bits per heavy atom. The van der Waals surface area contributed by atoms with Gasteiger partial charge in [-0.3, -0.25) is 0 Å². The first-order valence-electron chi connectivity index (χ1n) is 6.20. The predicted octanol–water partition coefficient (Wildman–Crippen LogP) is 4.65. The highest BCUT2D eigenvalue weighted by Crippen LogP contribution is 2.33. The fourth-order valence-corrected chi connectivity index (χ4v) is 3.37. The van der Waals surface area contributed by atoms with Crippen LogP contribution in [0.1, 0.15) is 18.9 Å². The molecule has 0 fully saturated rings. The first-order chi connectivity index (χ1) is 9.15. The lowest BCUT2D eigenvalue weighted by molar-refractivity contribution is 0.117. The Bertz CT molecular complexity index is 521. The average molecular weight is 482 g/mol. The molecule has 2 rings (SSSR count). The van der Waals surface area contributed by atoms with E-state index in [4.69, 9.17) is 9.47 Å². The summed E-state index contributed by atoms with van der Waals surface area (Å²) in [5.41, 5.74) is 2.47. The van der Waals surface area contributed by atoms with Crippen LogP contribution in [0, 0.1) is 7.14 Å². The van der Waals surface area contributed by atoms with Crippen molar-refractivity contribution in [1.29, 1.82) is 0 Å². The van der Waals surface area contributed by atoms with Gasteiger partial charge in [0.1, 0.15) is 5.75 Å². The molecule has 0 N–H and O–H groups in total. The van der Waals surface area contributed by atoms with Gasteiger partial charge < -0.3 is 9.47 Å². The summed E-state index contributed by atoms with van der Waals surface area (Å²) in [5.74, 6) is 0.926. The van der Waals surface area contributed by atoms with Crippen LogP contribution in [0.15, 0.2) is 30.4 Å². The zero-order chi connectivity index (χ0) is 13.8. The molecule has 1 atom stereocenters. The minimum Gasteiger partial charge on any atom is -0.496 e. The Kier molecular flexibility index (Phi) is 5.70. The molecule has 0 aromatic heterocycles. The number of benzene rings is 1. The van der Waals surface area contributed by atoms with Gasteiger partial charge in [-0.05, 0) is 80.9 Å². The molecule has 1 unspecified atom stereocenters. The fourth-order valence-electron chi connectivity index (χ4n) is 1.93. The van der Waals surface area contributed by atoms with Crippen LogP contribution < -0.4 is 4.74 Å². The van der Waals surface area contributed by atoms with Crippen molar-refractivity contribution in [2.45, 2.75) is 19.4 Å². The number of rotatable bonds is 5. The molecule has 0 amide bonds. The van der Waals surface area contributed by atoms with Crippen molar-refractivity contribution in [2.75, 3.05) is 13.7 Å². The lowest BCUT2D eigenvalue weighted by Crippen LogP contribution is -2.04. The number of hydrogen-bond donors (Lipinski definition) is 0. The van der Waals surface area contributed by atoms with Crippen LogP contribution in [-0.4, -0.2) is 19.8 Å². The van der Waals surface area contributed by atoms with Crippen molar-refractivity contribution < 1.29 is 9.47 Å². The van der Waals surface area contributed by atoms with E-state index >= 15 is 0 Å². The summed E-state index contributed by atoms with van der Waals surface area (Å²) in [7, 11) is 1.70. The van der Waals surface area contributed by atoms with E-state index in [1.165, 1.54) is 14.7 Å². The van der Waals surface area contributed by atoms with Gasteiger partial charge in [0, 0.05) is 10.2 Å². The molecule has 1 aliphatic rings. The van der Waals surface area contributed by atoms with Gasteiger partial charge in [0.25, 0.3) is 0 Å². The third-order valence-corrected chi connectivity index (χ3v) is 4.61. The van der Waals surface area contributed by atoms with Crippen molar-refractivity contribution in [2.24, 2.45) is 0 Å². The predicted molar refractivity (Wildman–Crippen MR) is 95.6 cm³/mol. The Balaban J connectivity index is 2.24. The molecule has 1 aliphatic carbocycles. The Morgan fingerprint density at radius 1 is 1.21 bits per heavy atom. The number of ether oxygens (including phenoxy) is 2. The second kappa shape index (κ2) is 7.08. The summed E-state index contributed by atoms with van der Waals surface area (Å²) in [6.07, 6.45) is 7.59. The van der Waals surface area contributed by atoms with Crippen molar-refractivity contribution in [1.82, 2.24) is 0 Å². The Labute approximate surface area is 141 Å². The number of allylic oxidation sites excluding steroid dienone is 2. The van der Waals surface area contributed by atoms with Gasteiger partial charge in [0.15, 0.2) is 0 Å². The van der Waals surface area contributed by atoms with E-state index in [2.05, 4.69) is 82.5 Å². The molecule has 0 spiro atoms. The third kappa shape index (κ3) is 3.72. The lowest BCUT2D eigenvalue weighted by Gasteiger charge is -2.10. The van der Waals surface area contributed by atoms with Crippen LogP contribution in [0.25, 0.3) is 5.57 Å². The van der Waals surface area contributed by atoms with E-state index in [0.29, 0.717) is 0 Å². The second-order valence-corrected chi connectivity index (χ2v) is 6.61. The quantitative estimate of drug-likeness (QED) is 0.570. The van der Waals surface area contributed by atoms with E-state index in [0.717, 1.165) is 22.3 Å². The number of hydrogen-bond acceptors (Lipinski definition) is 2. The van der Waals surface area contributed by atoms with E-state index in [9.17, 15) is 0 Å². The lowest BCUT2D eigenvalue weighted by atomic mass is 10.1. The van der Waals surface area contributed by atoms with Gasteiger partial charge in [-0.25, -0.2) is 0 Å². The zero-order valence-corrected chi connectivity index (χ0v) is 15.3. The van der Waals surface area contributed by atoms with E-state index in [1.54, 1.807) is 7.11 Å². The molecular weight excluding hydrogens is 466 g/mol. The van der Waals surface area contributed by atoms with Gasteiger partial charge in [0.05, 0.1) is 16.8 Å². The van der Waals surface area contributed by atoms with Crippen LogP contribution in [0.3, 0.4) is 0 Å².